The molecule has 3 heteroatoms. The van der Waals surface area contributed by atoms with Gasteiger partial charge in [0, 0.05) is 16.3 Å². The third-order valence-corrected chi connectivity index (χ3v) is 1.58. The molecule has 0 heterocycles. The molecule has 0 spiro atoms. The summed E-state index contributed by atoms with van der Waals surface area (Å²) in [6.45, 7) is 0.325. The smallest absolute Gasteiger partial charge is 0.0555 e. The predicted molar refractivity (Wildman–Crippen MR) is 51.8 cm³/mol. The molecule has 0 bridgehead atoms. The summed E-state index contributed by atoms with van der Waals surface area (Å²) in [6.07, 6.45) is 0. The summed E-state index contributed by atoms with van der Waals surface area (Å²) >= 11 is 5.74. The number of nitrogen functional groups attached to an aromatic ring is 1. The number of hydrogen-bond acceptors (Lipinski definition) is 2. The van der Waals surface area contributed by atoms with Crippen molar-refractivity contribution < 1.29 is 0 Å². The maximum atomic E-state index is 5.74. The van der Waals surface area contributed by atoms with E-state index in [9.17, 15) is 0 Å². The Morgan fingerprint density at radius 3 is 2.83 bits per heavy atom. The summed E-state index contributed by atoms with van der Waals surface area (Å²) in [4.78, 5) is 0. The topological polar surface area (TPSA) is 52.0 Å². The van der Waals surface area contributed by atoms with E-state index in [1.807, 2.05) is 0 Å². The fourth-order valence-corrected chi connectivity index (χ4v) is 0.955. The van der Waals surface area contributed by atoms with Crippen molar-refractivity contribution in [1.82, 2.24) is 0 Å². The second kappa shape index (κ2) is 4.01. The fraction of sp³-hybridized carbons (Fsp3) is 0.111. The van der Waals surface area contributed by atoms with Crippen molar-refractivity contribution in [3.8, 4) is 11.8 Å². The lowest BCUT2D eigenvalue weighted by molar-refractivity contribution is 1.30. The number of benzene rings is 1. The second-order valence-electron chi connectivity index (χ2n) is 2.24. The molecule has 0 aliphatic heterocycles. The molecule has 0 saturated carbocycles. The number of anilines is 1. The van der Waals surface area contributed by atoms with E-state index in [2.05, 4.69) is 11.8 Å². The molecule has 12 heavy (non-hydrogen) atoms. The standard InChI is InChI=1S/C9H9ClN2/c10-8-3-4-9(12)7(6-8)2-1-5-11/h3-4,6H,5,11-12H2. The third-order valence-electron chi connectivity index (χ3n) is 1.34. The largest absolute Gasteiger partial charge is 0.398 e. The molecule has 0 aliphatic rings. The van der Waals surface area contributed by atoms with Gasteiger partial charge in [-0.25, -0.2) is 0 Å². The predicted octanol–water partition coefficient (Wildman–Crippen LogP) is 1.23. The molecule has 1 aromatic carbocycles. The Balaban J connectivity index is 3.05. The summed E-state index contributed by atoms with van der Waals surface area (Å²) in [5.41, 5.74) is 12.2. The quantitative estimate of drug-likeness (QED) is 0.466. The lowest BCUT2D eigenvalue weighted by Gasteiger charge is -1.97. The van der Waals surface area contributed by atoms with Crippen molar-refractivity contribution in [2.75, 3.05) is 12.3 Å². The Bertz CT molecular complexity index is 336. The van der Waals surface area contributed by atoms with Crippen LogP contribution < -0.4 is 11.5 Å². The van der Waals surface area contributed by atoms with Gasteiger partial charge in [-0.1, -0.05) is 23.4 Å². The minimum absolute atomic E-state index is 0.325. The van der Waals surface area contributed by atoms with Gasteiger partial charge in [0.1, 0.15) is 0 Å². The molecule has 0 amide bonds. The molecule has 0 aromatic heterocycles. The summed E-state index contributed by atoms with van der Waals surface area (Å²) in [6, 6.07) is 5.17. The maximum Gasteiger partial charge on any atom is 0.0555 e. The van der Waals surface area contributed by atoms with Crippen LogP contribution in [-0.2, 0) is 0 Å². The average molecular weight is 181 g/mol. The highest BCUT2D eigenvalue weighted by Gasteiger charge is 1.95. The summed E-state index contributed by atoms with van der Waals surface area (Å²) in [5, 5.41) is 0.630. The van der Waals surface area contributed by atoms with Crippen molar-refractivity contribution in [3.63, 3.8) is 0 Å². The normalized spacial score (nSPS) is 8.83. The fourth-order valence-electron chi connectivity index (χ4n) is 0.783. The van der Waals surface area contributed by atoms with Crippen molar-refractivity contribution in [3.05, 3.63) is 28.8 Å². The third kappa shape index (κ3) is 2.16. The Kier molecular flexibility index (Phi) is 2.98. The maximum absolute atomic E-state index is 5.74. The zero-order valence-corrected chi connectivity index (χ0v) is 7.23. The zero-order valence-electron chi connectivity index (χ0n) is 6.47. The Morgan fingerprint density at radius 1 is 1.42 bits per heavy atom. The van der Waals surface area contributed by atoms with E-state index in [0.29, 0.717) is 17.3 Å². The van der Waals surface area contributed by atoms with Crippen LogP contribution in [0.2, 0.25) is 5.02 Å². The van der Waals surface area contributed by atoms with Gasteiger partial charge in [-0.15, -0.1) is 0 Å². The number of hydrogen-bond donors (Lipinski definition) is 2. The van der Waals surface area contributed by atoms with Gasteiger partial charge < -0.3 is 11.5 Å². The van der Waals surface area contributed by atoms with Crippen molar-refractivity contribution in [2.24, 2.45) is 5.73 Å². The van der Waals surface area contributed by atoms with Crippen LogP contribution >= 0.6 is 11.6 Å². The van der Waals surface area contributed by atoms with Crippen LogP contribution in [0.1, 0.15) is 5.56 Å². The molecule has 0 fully saturated rings. The highest BCUT2D eigenvalue weighted by atomic mass is 35.5. The van der Waals surface area contributed by atoms with Crippen molar-refractivity contribution in [2.45, 2.75) is 0 Å². The molecule has 4 N–H and O–H groups in total. The van der Waals surface area contributed by atoms with Crippen molar-refractivity contribution >= 4 is 17.3 Å². The highest BCUT2D eigenvalue weighted by Crippen LogP contribution is 2.16. The van der Waals surface area contributed by atoms with E-state index in [1.165, 1.54) is 0 Å². The zero-order chi connectivity index (χ0) is 8.97. The summed E-state index contributed by atoms with van der Waals surface area (Å²) < 4.78 is 0. The summed E-state index contributed by atoms with van der Waals surface area (Å²) in [5.74, 6) is 5.54. The molecule has 0 radical (unpaired) electrons. The van der Waals surface area contributed by atoms with Crippen LogP contribution in [-0.4, -0.2) is 6.54 Å². The molecule has 0 unspecified atom stereocenters. The van der Waals surface area contributed by atoms with Gasteiger partial charge in [-0.3, -0.25) is 0 Å². The van der Waals surface area contributed by atoms with Gasteiger partial charge in [0.05, 0.1) is 6.54 Å². The van der Waals surface area contributed by atoms with E-state index >= 15 is 0 Å². The van der Waals surface area contributed by atoms with E-state index in [4.69, 9.17) is 23.1 Å². The van der Waals surface area contributed by atoms with Crippen LogP contribution in [0.4, 0.5) is 5.69 Å². The average Bonchev–Trinajstić information content (AvgIpc) is 2.07. The number of rotatable bonds is 0. The summed E-state index contributed by atoms with van der Waals surface area (Å²) in [7, 11) is 0. The van der Waals surface area contributed by atoms with Gasteiger partial charge in [-0.2, -0.15) is 0 Å². The number of nitrogens with two attached hydrogens (primary N) is 2. The first kappa shape index (κ1) is 8.92. The first-order valence-corrected chi connectivity index (χ1v) is 3.86. The molecule has 0 saturated heterocycles. The first-order chi connectivity index (χ1) is 5.74. The van der Waals surface area contributed by atoms with Gasteiger partial charge in [0.15, 0.2) is 0 Å². The monoisotopic (exact) mass is 180 g/mol. The molecule has 0 aliphatic carbocycles. The van der Waals surface area contributed by atoms with Gasteiger partial charge in [0.2, 0.25) is 0 Å². The van der Waals surface area contributed by atoms with Crippen LogP contribution in [0.3, 0.4) is 0 Å². The Morgan fingerprint density at radius 2 is 2.17 bits per heavy atom. The van der Waals surface area contributed by atoms with Gasteiger partial charge in [0.25, 0.3) is 0 Å². The van der Waals surface area contributed by atoms with Crippen molar-refractivity contribution in [1.29, 1.82) is 0 Å². The van der Waals surface area contributed by atoms with Gasteiger partial charge in [-0.05, 0) is 18.2 Å². The Labute approximate surface area is 76.5 Å². The van der Waals surface area contributed by atoms with Crippen LogP contribution in [0.25, 0.3) is 0 Å². The Hall–Kier alpha value is -1.17. The molecular formula is C9H9ClN2. The second-order valence-corrected chi connectivity index (χ2v) is 2.67. The molecular weight excluding hydrogens is 172 g/mol. The molecule has 1 aromatic rings. The minimum atomic E-state index is 0.325. The van der Waals surface area contributed by atoms with E-state index < -0.39 is 0 Å². The first-order valence-electron chi connectivity index (χ1n) is 3.48. The lowest BCUT2D eigenvalue weighted by atomic mass is 10.2. The van der Waals surface area contributed by atoms with Crippen LogP contribution in [0.15, 0.2) is 18.2 Å². The molecule has 62 valence electrons. The SMILES string of the molecule is NCC#Cc1cc(Cl)ccc1N. The lowest BCUT2D eigenvalue weighted by Crippen LogP contribution is -1.94. The molecule has 0 atom stereocenters. The van der Waals surface area contributed by atoms with E-state index in [0.717, 1.165) is 5.56 Å². The molecule has 1 rings (SSSR count). The van der Waals surface area contributed by atoms with Gasteiger partial charge >= 0.3 is 0 Å². The van der Waals surface area contributed by atoms with E-state index in [1.54, 1.807) is 18.2 Å². The van der Waals surface area contributed by atoms with Crippen LogP contribution in [0, 0.1) is 11.8 Å². The van der Waals surface area contributed by atoms with E-state index in [-0.39, 0.29) is 0 Å². The minimum Gasteiger partial charge on any atom is -0.398 e. The molecule has 2 nitrogen and oxygen atoms in total. The number of halogens is 1. The highest BCUT2D eigenvalue weighted by molar-refractivity contribution is 6.30. The van der Waals surface area contributed by atoms with Crippen LogP contribution in [0.5, 0.6) is 0 Å².